The number of rotatable bonds is 25. The van der Waals surface area contributed by atoms with Crippen LogP contribution >= 0.6 is 0 Å². The zero-order valence-corrected chi connectivity index (χ0v) is 22.6. The molecule has 0 aromatic carbocycles. The maximum atomic E-state index is 12.1. The van der Waals surface area contributed by atoms with Gasteiger partial charge in [-0.1, -0.05) is 115 Å². The molecule has 0 rings (SSSR count). The second kappa shape index (κ2) is 26.5. The first-order chi connectivity index (χ1) is 16.7. The van der Waals surface area contributed by atoms with Crippen LogP contribution in [0, 0.1) is 0 Å². The van der Waals surface area contributed by atoms with Crippen LogP contribution in [-0.2, 0) is 4.79 Å². The third kappa shape index (κ3) is 22.7. The van der Waals surface area contributed by atoms with Crippen LogP contribution in [0.15, 0.2) is 24.3 Å². The van der Waals surface area contributed by atoms with Crippen molar-refractivity contribution in [1.29, 1.82) is 0 Å². The average molecular weight is 480 g/mol. The molecular weight excluding hydrogens is 422 g/mol. The molecule has 0 saturated carbocycles. The zero-order chi connectivity index (χ0) is 25.1. The third-order valence-corrected chi connectivity index (χ3v) is 6.47. The summed E-state index contributed by atoms with van der Waals surface area (Å²) in [6.45, 7) is 4.16. The van der Waals surface area contributed by atoms with Crippen molar-refractivity contribution in [3.8, 4) is 0 Å². The SMILES string of the molecule is CCCCC/C=C\C/C=C\CCCCCCCCCCCC(=O)NC(CO)C(O)CCCCC. The first-order valence-electron chi connectivity index (χ1n) is 14.5. The third-order valence-electron chi connectivity index (χ3n) is 6.47. The van der Waals surface area contributed by atoms with Crippen molar-refractivity contribution >= 4 is 5.91 Å². The van der Waals surface area contributed by atoms with Gasteiger partial charge in [0.2, 0.25) is 5.91 Å². The molecule has 0 radical (unpaired) electrons. The van der Waals surface area contributed by atoms with Gasteiger partial charge >= 0.3 is 0 Å². The molecular formula is C30H57NO3. The van der Waals surface area contributed by atoms with Crippen molar-refractivity contribution in [3.63, 3.8) is 0 Å². The minimum absolute atomic E-state index is 0.0503. The molecule has 34 heavy (non-hydrogen) atoms. The maximum Gasteiger partial charge on any atom is 0.220 e. The summed E-state index contributed by atoms with van der Waals surface area (Å²) >= 11 is 0. The van der Waals surface area contributed by atoms with E-state index in [9.17, 15) is 15.0 Å². The summed E-state index contributed by atoms with van der Waals surface area (Å²) in [5.41, 5.74) is 0. The Kier molecular flexibility index (Phi) is 25.6. The number of amides is 1. The van der Waals surface area contributed by atoms with E-state index in [0.29, 0.717) is 12.8 Å². The predicted octanol–water partition coefficient (Wildman–Crippen LogP) is 7.78. The van der Waals surface area contributed by atoms with Gasteiger partial charge in [-0.05, 0) is 44.9 Å². The van der Waals surface area contributed by atoms with Crippen LogP contribution in [0.4, 0.5) is 0 Å². The lowest BCUT2D eigenvalue weighted by Gasteiger charge is -2.22. The van der Waals surface area contributed by atoms with Gasteiger partial charge in [0.15, 0.2) is 0 Å². The van der Waals surface area contributed by atoms with Gasteiger partial charge in [-0.25, -0.2) is 0 Å². The molecule has 4 heteroatoms. The molecule has 0 aliphatic heterocycles. The van der Waals surface area contributed by atoms with Crippen LogP contribution < -0.4 is 5.32 Å². The van der Waals surface area contributed by atoms with Crippen molar-refractivity contribution in [3.05, 3.63) is 24.3 Å². The quantitative estimate of drug-likeness (QED) is 0.0924. The fourth-order valence-corrected chi connectivity index (χ4v) is 4.15. The van der Waals surface area contributed by atoms with Crippen LogP contribution in [0.2, 0.25) is 0 Å². The average Bonchev–Trinajstić information content (AvgIpc) is 2.84. The molecule has 0 fully saturated rings. The summed E-state index contributed by atoms with van der Waals surface area (Å²) in [6, 6.07) is -0.531. The second-order valence-corrected chi connectivity index (χ2v) is 9.81. The van der Waals surface area contributed by atoms with E-state index < -0.39 is 12.1 Å². The summed E-state index contributed by atoms with van der Waals surface area (Å²) in [4.78, 5) is 12.1. The Morgan fingerprint density at radius 2 is 1.21 bits per heavy atom. The Labute approximate surface area is 211 Å². The van der Waals surface area contributed by atoms with E-state index in [1.165, 1.54) is 77.0 Å². The molecule has 1 amide bonds. The zero-order valence-electron chi connectivity index (χ0n) is 22.6. The molecule has 0 bridgehead atoms. The molecule has 0 aliphatic carbocycles. The number of allylic oxidation sites excluding steroid dienone is 4. The second-order valence-electron chi connectivity index (χ2n) is 9.81. The molecule has 3 N–H and O–H groups in total. The summed E-state index contributed by atoms with van der Waals surface area (Å²) in [7, 11) is 0. The maximum absolute atomic E-state index is 12.1. The largest absolute Gasteiger partial charge is 0.394 e. The highest BCUT2D eigenvalue weighted by Gasteiger charge is 2.19. The smallest absolute Gasteiger partial charge is 0.220 e. The highest BCUT2D eigenvalue weighted by Crippen LogP contribution is 2.12. The van der Waals surface area contributed by atoms with Gasteiger partial charge in [0.1, 0.15) is 0 Å². The number of aliphatic hydroxyl groups excluding tert-OH is 2. The highest BCUT2D eigenvalue weighted by atomic mass is 16.3. The van der Waals surface area contributed by atoms with Crippen molar-refractivity contribution in [2.75, 3.05) is 6.61 Å². The van der Waals surface area contributed by atoms with Gasteiger partial charge < -0.3 is 15.5 Å². The van der Waals surface area contributed by atoms with Gasteiger partial charge in [-0.15, -0.1) is 0 Å². The molecule has 0 heterocycles. The van der Waals surface area contributed by atoms with Crippen molar-refractivity contribution in [2.45, 2.75) is 154 Å². The monoisotopic (exact) mass is 479 g/mol. The standard InChI is InChI=1S/C30H57NO3/c1-3-5-7-8-9-10-11-12-13-14-15-16-17-18-19-20-21-22-24-26-30(34)31-28(27-32)29(33)25-23-6-4-2/h9-10,12-13,28-29,32-33H,3-8,11,14-27H2,1-2H3,(H,31,34)/b10-9-,13-12-. The summed E-state index contributed by atoms with van der Waals surface area (Å²) in [5.74, 6) is -0.0503. The number of nitrogens with one attached hydrogen (secondary N) is 1. The van der Waals surface area contributed by atoms with Crippen LogP contribution in [0.1, 0.15) is 142 Å². The molecule has 0 saturated heterocycles. The Balaban J connectivity index is 3.48. The Bertz CT molecular complexity index is 489. The normalized spacial score (nSPS) is 13.6. The Morgan fingerprint density at radius 1 is 0.706 bits per heavy atom. The van der Waals surface area contributed by atoms with Crippen LogP contribution in [-0.4, -0.2) is 34.9 Å². The van der Waals surface area contributed by atoms with Gasteiger partial charge in [-0.3, -0.25) is 4.79 Å². The number of aliphatic hydroxyl groups is 2. The summed E-state index contributed by atoms with van der Waals surface area (Å²) in [5, 5.41) is 22.4. The fraction of sp³-hybridized carbons (Fsp3) is 0.833. The highest BCUT2D eigenvalue weighted by molar-refractivity contribution is 5.76. The van der Waals surface area contributed by atoms with E-state index in [1.54, 1.807) is 0 Å². The fourth-order valence-electron chi connectivity index (χ4n) is 4.15. The molecule has 200 valence electrons. The van der Waals surface area contributed by atoms with Crippen LogP contribution in [0.5, 0.6) is 0 Å². The molecule has 0 aliphatic rings. The predicted molar refractivity (Wildman–Crippen MR) is 147 cm³/mol. The van der Waals surface area contributed by atoms with Crippen LogP contribution in [0.25, 0.3) is 0 Å². The van der Waals surface area contributed by atoms with E-state index in [-0.39, 0.29) is 12.5 Å². The summed E-state index contributed by atoms with van der Waals surface area (Å²) < 4.78 is 0. The molecule has 0 aromatic heterocycles. The van der Waals surface area contributed by atoms with Gasteiger partial charge in [-0.2, -0.15) is 0 Å². The van der Waals surface area contributed by atoms with E-state index in [0.717, 1.165) is 38.5 Å². The number of carbonyl (C=O) groups is 1. The van der Waals surface area contributed by atoms with E-state index in [1.807, 2.05) is 0 Å². The van der Waals surface area contributed by atoms with E-state index >= 15 is 0 Å². The molecule has 4 nitrogen and oxygen atoms in total. The van der Waals surface area contributed by atoms with E-state index in [2.05, 4.69) is 43.5 Å². The first kappa shape index (κ1) is 32.9. The lowest BCUT2D eigenvalue weighted by molar-refractivity contribution is -0.123. The Morgan fingerprint density at radius 3 is 1.76 bits per heavy atom. The van der Waals surface area contributed by atoms with Crippen molar-refractivity contribution in [2.24, 2.45) is 0 Å². The van der Waals surface area contributed by atoms with Gasteiger partial charge in [0.25, 0.3) is 0 Å². The Hall–Kier alpha value is -1.13. The molecule has 2 unspecified atom stereocenters. The van der Waals surface area contributed by atoms with Gasteiger partial charge in [0.05, 0.1) is 18.8 Å². The van der Waals surface area contributed by atoms with Crippen molar-refractivity contribution in [1.82, 2.24) is 5.32 Å². The number of unbranched alkanes of at least 4 members (excludes halogenated alkanes) is 14. The lowest BCUT2D eigenvalue weighted by atomic mass is 10.0. The molecule has 2 atom stereocenters. The number of hydrogen-bond donors (Lipinski definition) is 3. The minimum atomic E-state index is -0.654. The molecule has 0 spiro atoms. The van der Waals surface area contributed by atoms with Crippen LogP contribution in [0.3, 0.4) is 0 Å². The molecule has 0 aromatic rings. The van der Waals surface area contributed by atoms with E-state index in [4.69, 9.17) is 0 Å². The van der Waals surface area contributed by atoms with Gasteiger partial charge in [0, 0.05) is 6.42 Å². The minimum Gasteiger partial charge on any atom is -0.394 e. The number of hydrogen-bond acceptors (Lipinski definition) is 3. The lowest BCUT2D eigenvalue weighted by Crippen LogP contribution is -2.45. The van der Waals surface area contributed by atoms with Crippen molar-refractivity contribution < 1.29 is 15.0 Å². The number of carbonyl (C=O) groups excluding carboxylic acids is 1. The topological polar surface area (TPSA) is 69.6 Å². The summed E-state index contributed by atoms with van der Waals surface area (Å²) in [6.07, 6.45) is 31.3. The first-order valence-corrected chi connectivity index (χ1v) is 14.5.